The first-order valence-electron chi connectivity index (χ1n) is 12.8. The van der Waals surface area contributed by atoms with Crippen LogP contribution in [-0.2, 0) is 4.84 Å². The number of benzene rings is 2. The van der Waals surface area contributed by atoms with Crippen molar-refractivity contribution in [2.45, 2.75) is 105 Å². The Morgan fingerprint density at radius 3 is 1.49 bits per heavy atom. The average molecular weight is 608 g/mol. The molecule has 0 amide bonds. The van der Waals surface area contributed by atoms with Crippen LogP contribution in [0.15, 0.2) is 21.9 Å². The molecule has 9 heteroatoms. The van der Waals surface area contributed by atoms with Crippen LogP contribution in [0.2, 0.25) is 0 Å². The molecule has 0 saturated heterocycles. The van der Waals surface area contributed by atoms with Crippen molar-refractivity contribution in [2.75, 3.05) is 5.73 Å². The summed E-state index contributed by atoms with van der Waals surface area (Å²) in [4.78, 5) is 13.6. The third-order valence-corrected chi connectivity index (χ3v) is 6.47. The van der Waals surface area contributed by atoms with Crippen LogP contribution in [0.1, 0.15) is 133 Å². The van der Waals surface area contributed by atoms with E-state index in [1.54, 1.807) is 32.9 Å². The summed E-state index contributed by atoms with van der Waals surface area (Å²) in [5, 5.41) is 20.1. The quantitative estimate of drug-likeness (QED) is 0.207. The van der Waals surface area contributed by atoms with E-state index in [0.717, 1.165) is 15.6 Å². The second-order valence-corrected chi connectivity index (χ2v) is 12.1. The molecule has 0 radical (unpaired) electrons. The van der Waals surface area contributed by atoms with Crippen LogP contribution in [0, 0.1) is 39.2 Å². The van der Waals surface area contributed by atoms with Gasteiger partial charge in [-0.1, -0.05) is 71.3 Å². The Morgan fingerprint density at radius 2 is 1.21 bits per heavy atom. The molecule has 0 heterocycles. The summed E-state index contributed by atoms with van der Waals surface area (Å²) in [6, 6.07) is 6.99. The summed E-state index contributed by atoms with van der Waals surface area (Å²) in [6.07, 6.45) is 0. The van der Waals surface area contributed by atoms with Gasteiger partial charge in [0.1, 0.15) is 29.4 Å². The van der Waals surface area contributed by atoms with Crippen LogP contribution in [0.3, 0.4) is 0 Å². The molecule has 0 unspecified atom stereocenters. The number of hydrogen-bond acceptors (Lipinski definition) is 6. The highest BCUT2D eigenvalue weighted by molar-refractivity contribution is 9.10. The molecule has 0 aliphatic rings. The number of nitrogens with zero attached hydrogens (tertiary/aromatic N) is 3. The van der Waals surface area contributed by atoms with E-state index >= 15 is 0 Å². The predicted octanol–water partition coefficient (Wildman–Crippen LogP) is 9.72. The summed E-state index contributed by atoms with van der Waals surface area (Å²) in [5.41, 5.74) is 9.14. The lowest BCUT2D eigenvalue weighted by Gasteiger charge is -2.18. The summed E-state index contributed by atoms with van der Waals surface area (Å²) in [7, 11) is 0. The van der Waals surface area contributed by atoms with Gasteiger partial charge in [-0.15, -0.1) is 4.91 Å². The number of nitrogens with two attached hydrogens (primary N) is 1. The fourth-order valence-electron chi connectivity index (χ4n) is 3.64. The zero-order valence-corrected chi connectivity index (χ0v) is 26.4. The minimum Gasteiger partial charge on any atom is -0.398 e. The molecular formula is C30H41BrF2N4O2. The largest absolute Gasteiger partial charge is 0.398 e. The smallest absolute Gasteiger partial charge is 0.155 e. The van der Waals surface area contributed by atoms with Crippen LogP contribution in [0.25, 0.3) is 0 Å². The molecule has 6 nitrogen and oxygen atoms in total. The molecular weight excluding hydrogens is 566 g/mol. The predicted molar refractivity (Wildman–Crippen MR) is 157 cm³/mol. The second kappa shape index (κ2) is 15.5. The third-order valence-electron chi connectivity index (χ3n) is 5.59. The Labute approximate surface area is 240 Å². The number of anilines is 1. The normalized spacial score (nSPS) is 10.9. The number of rotatable bonds is 5. The molecule has 0 atom stereocenters. The maximum Gasteiger partial charge on any atom is 0.155 e. The standard InChI is InChI=1S/C13H15BrFN.C13H17FN2.C4H9NO2/c1-7(2)10-5-9(6-16)13(15)11(8(3)4)12(10)14;1-7(2)10-5-9(6-15)12(14)11(8(3)4)13(10)16;1-4(2,3)7-5-6/h5,7-8H,1-4H3;5,7-8H,16H2,1-4H3;1-3H3. The van der Waals surface area contributed by atoms with Gasteiger partial charge in [0.05, 0.1) is 11.1 Å². The monoisotopic (exact) mass is 606 g/mol. The van der Waals surface area contributed by atoms with E-state index in [9.17, 15) is 13.7 Å². The lowest BCUT2D eigenvalue weighted by molar-refractivity contribution is -0.00230. The molecule has 39 heavy (non-hydrogen) atoms. The average Bonchev–Trinajstić information content (AvgIpc) is 2.78. The molecule has 2 N–H and O–H groups in total. The molecule has 0 fully saturated rings. The molecule has 0 spiro atoms. The van der Waals surface area contributed by atoms with Crippen molar-refractivity contribution in [3.63, 3.8) is 0 Å². The first-order chi connectivity index (χ1) is 17.9. The molecule has 2 aromatic carbocycles. The third kappa shape index (κ3) is 10.2. The molecule has 2 aromatic rings. The zero-order chi connectivity index (χ0) is 30.8. The number of hydrogen-bond donors (Lipinski definition) is 1. The van der Waals surface area contributed by atoms with Crippen LogP contribution >= 0.6 is 15.9 Å². The summed E-state index contributed by atoms with van der Waals surface area (Å²) >= 11 is 3.45. The molecule has 0 bridgehead atoms. The second-order valence-electron chi connectivity index (χ2n) is 11.3. The Morgan fingerprint density at radius 1 is 0.821 bits per heavy atom. The molecule has 2 rings (SSSR count). The Kier molecular flexibility index (Phi) is 14.3. The lowest BCUT2D eigenvalue weighted by atomic mass is 9.90. The van der Waals surface area contributed by atoms with Gasteiger partial charge in [0.25, 0.3) is 0 Å². The van der Waals surface area contributed by atoms with Gasteiger partial charge in [-0.25, -0.2) is 8.78 Å². The molecule has 214 valence electrons. The fraction of sp³-hybridized carbons (Fsp3) is 0.533. The molecule has 0 saturated carbocycles. The van der Waals surface area contributed by atoms with E-state index in [1.807, 2.05) is 67.5 Å². The Balaban J connectivity index is 0.000000600. The first kappa shape index (κ1) is 36.0. The van der Waals surface area contributed by atoms with Crippen LogP contribution in [0.4, 0.5) is 14.5 Å². The van der Waals surface area contributed by atoms with Crippen molar-refractivity contribution in [1.82, 2.24) is 0 Å². The zero-order valence-electron chi connectivity index (χ0n) is 24.8. The molecule has 0 aliphatic heterocycles. The Hall–Kier alpha value is -3.04. The van der Waals surface area contributed by atoms with Crippen molar-refractivity contribution in [3.8, 4) is 12.1 Å². The highest BCUT2D eigenvalue weighted by Crippen LogP contribution is 2.36. The van der Waals surface area contributed by atoms with E-state index in [4.69, 9.17) is 16.3 Å². The fourth-order valence-corrected chi connectivity index (χ4v) is 4.84. The lowest BCUT2D eigenvalue weighted by Crippen LogP contribution is -2.14. The van der Waals surface area contributed by atoms with Gasteiger partial charge < -0.3 is 10.6 Å². The maximum atomic E-state index is 14.0. The number of halogens is 3. The van der Waals surface area contributed by atoms with E-state index in [-0.39, 0.29) is 34.8 Å². The highest BCUT2D eigenvalue weighted by Gasteiger charge is 2.21. The number of nitrogen functional groups attached to an aromatic ring is 1. The van der Waals surface area contributed by atoms with Crippen molar-refractivity contribution >= 4 is 21.6 Å². The van der Waals surface area contributed by atoms with Crippen molar-refractivity contribution in [3.05, 3.63) is 66.5 Å². The minimum absolute atomic E-state index is 0.0224. The minimum atomic E-state index is -0.473. The summed E-state index contributed by atoms with van der Waals surface area (Å²) in [5.74, 6) is -0.385. The maximum absolute atomic E-state index is 14.0. The van der Waals surface area contributed by atoms with Crippen molar-refractivity contribution in [1.29, 1.82) is 10.5 Å². The van der Waals surface area contributed by atoms with Gasteiger partial charge in [0.2, 0.25) is 0 Å². The Bertz CT molecular complexity index is 1140. The molecule has 0 aromatic heterocycles. The van der Waals surface area contributed by atoms with E-state index in [2.05, 4.69) is 26.1 Å². The summed E-state index contributed by atoms with van der Waals surface area (Å²) < 4.78 is 28.7. The topological polar surface area (TPSA) is 112 Å². The molecule has 0 aliphatic carbocycles. The van der Waals surface area contributed by atoms with Gasteiger partial charge in [-0.3, -0.25) is 0 Å². The van der Waals surface area contributed by atoms with Crippen LogP contribution in [0.5, 0.6) is 0 Å². The van der Waals surface area contributed by atoms with E-state index in [0.29, 0.717) is 16.8 Å². The first-order valence-corrected chi connectivity index (χ1v) is 13.6. The van der Waals surface area contributed by atoms with Gasteiger partial charge in [0, 0.05) is 21.3 Å². The van der Waals surface area contributed by atoms with Gasteiger partial charge >= 0.3 is 0 Å². The van der Waals surface area contributed by atoms with E-state index in [1.165, 1.54) is 0 Å². The van der Waals surface area contributed by atoms with Gasteiger partial charge in [0.15, 0.2) is 5.34 Å². The van der Waals surface area contributed by atoms with Crippen molar-refractivity contribution in [2.24, 2.45) is 5.34 Å². The van der Waals surface area contributed by atoms with Crippen LogP contribution < -0.4 is 5.73 Å². The van der Waals surface area contributed by atoms with Gasteiger partial charge in [-0.2, -0.15) is 10.5 Å². The highest BCUT2D eigenvalue weighted by atomic mass is 79.9. The SMILES string of the molecule is CC(C)(C)ON=O.CC(C)c1cc(C#N)c(F)c(C(C)C)c1Br.CC(C)c1cc(C#N)c(F)c(C(C)C)c1N. The van der Waals surface area contributed by atoms with Crippen LogP contribution in [-0.4, -0.2) is 5.60 Å². The van der Waals surface area contributed by atoms with E-state index < -0.39 is 17.2 Å². The summed E-state index contributed by atoms with van der Waals surface area (Å²) in [6.45, 7) is 20.9. The van der Waals surface area contributed by atoms with Gasteiger partial charge in [-0.05, 0) is 67.7 Å². The number of nitriles is 2. The van der Waals surface area contributed by atoms with Crippen molar-refractivity contribution < 1.29 is 13.6 Å².